The minimum atomic E-state index is -0.0724. The van der Waals surface area contributed by atoms with Gasteiger partial charge >= 0.3 is 0 Å². The van der Waals surface area contributed by atoms with E-state index < -0.39 is 0 Å². The fraction of sp³-hybridized carbons (Fsp3) is 0.0492. The van der Waals surface area contributed by atoms with E-state index in [-0.39, 0.29) is 5.41 Å². The Morgan fingerprint density at radius 1 is 0.270 bits per heavy atom. The summed E-state index contributed by atoms with van der Waals surface area (Å²) in [5.74, 6) is 0.695. The van der Waals surface area contributed by atoms with Gasteiger partial charge in [0.15, 0.2) is 5.82 Å². The predicted molar refractivity (Wildman–Crippen MR) is 263 cm³/mol. The van der Waals surface area contributed by atoms with Gasteiger partial charge in [0.2, 0.25) is 0 Å². The van der Waals surface area contributed by atoms with Crippen molar-refractivity contribution in [1.82, 2.24) is 9.97 Å². The van der Waals surface area contributed by atoms with Gasteiger partial charge in [0.1, 0.15) is 0 Å². The minimum Gasteiger partial charge on any atom is -0.228 e. The maximum absolute atomic E-state index is 5.26. The number of hydrogen-bond acceptors (Lipinski definition) is 2. The normalized spacial score (nSPS) is 12.4. The molecule has 0 saturated carbocycles. The van der Waals surface area contributed by atoms with E-state index >= 15 is 0 Å². The van der Waals surface area contributed by atoms with Gasteiger partial charge in [-0.1, -0.05) is 214 Å². The number of nitrogens with zero attached hydrogens (tertiary/aromatic N) is 2. The van der Waals surface area contributed by atoms with Crippen LogP contribution in [0.5, 0.6) is 0 Å². The molecule has 0 atom stereocenters. The Morgan fingerprint density at radius 2 is 0.698 bits per heavy atom. The van der Waals surface area contributed by atoms with E-state index in [9.17, 15) is 0 Å². The van der Waals surface area contributed by atoms with Gasteiger partial charge in [0.25, 0.3) is 0 Å². The molecule has 1 aromatic heterocycles. The summed E-state index contributed by atoms with van der Waals surface area (Å²) in [7, 11) is 0. The third kappa shape index (κ3) is 7.06. The largest absolute Gasteiger partial charge is 0.228 e. The highest BCUT2D eigenvalue weighted by atomic mass is 14.9. The smallest absolute Gasteiger partial charge is 0.160 e. The average molecular weight is 805 g/mol. The maximum atomic E-state index is 5.26. The monoisotopic (exact) mass is 804 g/mol. The van der Waals surface area contributed by atoms with Gasteiger partial charge in [-0.2, -0.15) is 0 Å². The van der Waals surface area contributed by atoms with Crippen molar-refractivity contribution in [3.8, 4) is 101 Å². The van der Waals surface area contributed by atoms with Crippen LogP contribution >= 0.6 is 0 Å². The van der Waals surface area contributed by atoms with Crippen LogP contribution in [0.1, 0.15) is 25.0 Å². The molecule has 0 saturated heterocycles. The van der Waals surface area contributed by atoms with Crippen LogP contribution in [0, 0.1) is 0 Å². The number of fused-ring (bicyclic) bond motifs is 3. The van der Waals surface area contributed by atoms with E-state index in [1.807, 2.05) is 18.2 Å². The quantitative estimate of drug-likeness (QED) is 0.153. The fourth-order valence-electron chi connectivity index (χ4n) is 9.47. The van der Waals surface area contributed by atoms with E-state index in [0.717, 1.165) is 39.2 Å². The van der Waals surface area contributed by atoms with Crippen molar-refractivity contribution in [3.63, 3.8) is 0 Å². The summed E-state index contributed by atoms with van der Waals surface area (Å²) in [5, 5.41) is 0. The Hall–Kier alpha value is -7.94. The molecule has 2 nitrogen and oxygen atoms in total. The van der Waals surface area contributed by atoms with Crippen molar-refractivity contribution in [2.24, 2.45) is 0 Å². The summed E-state index contributed by atoms with van der Waals surface area (Å²) in [4.78, 5) is 10.4. The van der Waals surface area contributed by atoms with Gasteiger partial charge in [-0.25, -0.2) is 9.97 Å². The fourth-order valence-corrected chi connectivity index (χ4v) is 9.47. The Morgan fingerprint density at radius 3 is 1.35 bits per heavy atom. The van der Waals surface area contributed by atoms with Crippen LogP contribution in [-0.2, 0) is 5.41 Å². The summed E-state index contributed by atoms with van der Waals surface area (Å²) in [5.41, 5.74) is 21.8. The lowest BCUT2D eigenvalue weighted by Crippen LogP contribution is -2.14. The first kappa shape index (κ1) is 38.0. The molecule has 1 aliphatic carbocycles. The van der Waals surface area contributed by atoms with Gasteiger partial charge in [-0.05, 0) is 108 Å². The van der Waals surface area contributed by atoms with Crippen LogP contribution < -0.4 is 0 Å². The van der Waals surface area contributed by atoms with Gasteiger partial charge < -0.3 is 0 Å². The van der Waals surface area contributed by atoms with E-state index in [4.69, 9.17) is 9.97 Å². The summed E-state index contributed by atoms with van der Waals surface area (Å²) in [6, 6.07) is 82.9. The van der Waals surface area contributed by atoms with Crippen LogP contribution in [-0.4, -0.2) is 9.97 Å². The van der Waals surface area contributed by atoms with Crippen LogP contribution in [0.2, 0.25) is 0 Å². The van der Waals surface area contributed by atoms with Gasteiger partial charge in [0, 0.05) is 22.1 Å². The molecule has 298 valence electrons. The summed E-state index contributed by atoms with van der Waals surface area (Å²) in [6.45, 7) is 4.69. The summed E-state index contributed by atoms with van der Waals surface area (Å²) in [6.07, 6.45) is 0. The van der Waals surface area contributed by atoms with E-state index in [0.29, 0.717) is 5.82 Å². The topological polar surface area (TPSA) is 25.8 Å². The molecular formula is C61H44N2. The molecule has 0 radical (unpaired) electrons. The molecule has 0 unspecified atom stereocenters. The minimum absolute atomic E-state index is 0.0724. The second-order valence-electron chi connectivity index (χ2n) is 17.0. The lowest BCUT2D eigenvalue weighted by molar-refractivity contribution is 0.660. The summed E-state index contributed by atoms with van der Waals surface area (Å²) >= 11 is 0. The average Bonchev–Trinajstić information content (AvgIpc) is 3.59. The summed E-state index contributed by atoms with van der Waals surface area (Å²) < 4.78 is 0. The van der Waals surface area contributed by atoms with Crippen molar-refractivity contribution >= 4 is 0 Å². The third-order valence-corrected chi connectivity index (χ3v) is 12.7. The Kier molecular flexibility index (Phi) is 9.55. The standard InChI is InChI=1S/C61H44N2/c1-61(2)55-29-16-15-28-51(55)54-37-48(34-35-56(54)61)53-39-50(42-20-9-4-10-21-42)38-52(59(53)45-22-11-5-12-23-45)47-26-17-27-49(36-47)58-40-57(62-60(63-58)46-24-13-6-14-25-46)44-32-30-43(31-33-44)41-18-7-3-8-19-41/h3-40H,1-2H3. The molecule has 0 amide bonds. The zero-order valence-electron chi connectivity index (χ0n) is 35.3. The van der Waals surface area contributed by atoms with Crippen LogP contribution in [0.15, 0.2) is 231 Å². The SMILES string of the molecule is CC1(C)c2ccccc2-c2cc(-c3cc(-c4ccccc4)cc(-c4cccc(-c5cc(-c6ccc(-c7ccccc7)cc6)nc(-c6ccccc6)n5)c4)c3-c3ccccc3)ccc21. The zero-order chi connectivity index (χ0) is 42.3. The molecule has 0 spiro atoms. The maximum Gasteiger partial charge on any atom is 0.160 e. The third-order valence-electron chi connectivity index (χ3n) is 12.7. The van der Waals surface area contributed by atoms with Gasteiger partial charge in [-0.3, -0.25) is 0 Å². The number of rotatable bonds is 8. The molecule has 10 aromatic rings. The van der Waals surface area contributed by atoms with Crippen molar-refractivity contribution < 1.29 is 0 Å². The Labute approximate surface area is 369 Å². The first-order valence-electron chi connectivity index (χ1n) is 21.7. The molecule has 2 heteroatoms. The van der Waals surface area contributed by atoms with Crippen molar-refractivity contribution in [2.45, 2.75) is 19.3 Å². The molecule has 1 aliphatic rings. The van der Waals surface area contributed by atoms with Crippen molar-refractivity contribution in [2.75, 3.05) is 0 Å². The Bertz CT molecular complexity index is 3260. The van der Waals surface area contributed by atoms with Gasteiger partial charge in [-0.15, -0.1) is 0 Å². The molecule has 9 aromatic carbocycles. The van der Waals surface area contributed by atoms with Crippen LogP contribution in [0.4, 0.5) is 0 Å². The second-order valence-corrected chi connectivity index (χ2v) is 17.0. The van der Waals surface area contributed by atoms with E-state index in [1.165, 1.54) is 66.8 Å². The predicted octanol–water partition coefficient (Wildman–Crippen LogP) is 16.1. The lowest BCUT2D eigenvalue weighted by Gasteiger charge is -2.22. The van der Waals surface area contributed by atoms with Crippen LogP contribution in [0.3, 0.4) is 0 Å². The molecule has 0 N–H and O–H groups in total. The zero-order valence-corrected chi connectivity index (χ0v) is 35.3. The first-order chi connectivity index (χ1) is 31.0. The molecule has 63 heavy (non-hydrogen) atoms. The highest BCUT2D eigenvalue weighted by molar-refractivity contribution is 5.99. The van der Waals surface area contributed by atoms with Gasteiger partial charge in [0.05, 0.1) is 11.4 Å². The highest BCUT2D eigenvalue weighted by Gasteiger charge is 2.35. The molecule has 0 fully saturated rings. The number of aromatic nitrogens is 2. The van der Waals surface area contributed by atoms with E-state index in [1.54, 1.807) is 0 Å². The van der Waals surface area contributed by atoms with E-state index in [2.05, 4.69) is 226 Å². The molecule has 0 bridgehead atoms. The molecular weight excluding hydrogens is 761 g/mol. The second kappa shape index (κ2) is 15.8. The number of hydrogen-bond donors (Lipinski definition) is 0. The highest BCUT2D eigenvalue weighted by Crippen LogP contribution is 2.51. The van der Waals surface area contributed by atoms with Crippen LogP contribution in [0.25, 0.3) is 101 Å². The molecule has 11 rings (SSSR count). The van der Waals surface area contributed by atoms with Crippen molar-refractivity contribution in [1.29, 1.82) is 0 Å². The molecule has 0 aliphatic heterocycles. The lowest BCUT2D eigenvalue weighted by atomic mass is 9.81. The Balaban J connectivity index is 1.10. The number of benzene rings is 9. The van der Waals surface area contributed by atoms with Crippen molar-refractivity contribution in [3.05, 3.63) is 242 Å². The molecule has 1 heterocycles. The first-order valence-corrected chi connectivity index (χ1v) is 21.7.